The van der Waals surface area contributed by atoms with Gasteiger partial charge in [0.05, 0.1) is 17.7 Å². The van der Waals surface area contributed by atoms with Crippen LogP contribution in [0.15, 0.2) is 66.7 Å². The molecule has 3 N–H and O–H groups in total. The molecule has 1 atom stereocenters. The second kappa shape index (κ2) is 15.4. The highest BCUT2D eigenvalue weighted by molar-refractivity contribution is 6.27. The molecule has 0 radical (unpaired) electrons. The van der Waals surface area contributed by atoms with Crippen LogP contribution in [0, 0.1) is 20.8 Å². The molecule has 2 heterocycles. The Morgan fingerprint density at radius 2 is 1.37 bits per heavy atom. The fourth-order valence-electron chi connectivity index (χ4n) is 5.46. The second-order valence-electron chi connectivity index (χ2n) is 11.2. The van der Waals surface area contributed by atoms with Gasteiger partial charge < -0.3 is 34.3 Å². The highest BCUT2D eigenvalue weighted by Gasteiger charge is 2.23. The molecule has 0 amide bonds. The molecule has 0 saturated carbocycles. The minimum atomic E-state index is -1.82. The number of rotatable bonds is 9. The Morgan fingerprint density at radius 1 is 0.804 bits per heavy atom. The fraction of sp³-hybridized carbons (Fsp3) is 0.343. The number of hydrogen-bond acceptors (Lipinski definition) is 8. The zero-order valence-electron chi connectivity index (χ0n) is 26.6. The van der Waals surface area contributed by atoms with Crippen molar-refractivity contribution in [2.75, 3.05) is 50.8 Å². The van der Waals surface area contributed by atoms with Crippen LogP contribution in [0.2, 0.25) is 0 Å². The summed E-state index contributed by atoms with van der Waals surface area (Å²) in [6.07, 6.45) is -0.620. The van der Waals surface area contributed by atoms with Crippen molar-refractivity contribution in [3.05, 3.63) is 89.1 Å². The van der Waals surface area contributed by atoms with Crippen molar-refractivity contribution in [2.45, 2.75) is 33.8 Å². The van der Waals surface area contributed by atoms with Gasteiger partial charge in [0.1, 0.15) is 18.5 Å². The number of fused-ring (bicyclic) bond motifs is 1. The van der Waals surface area contributed by atoms with E-state index >= 15 is 0 Å². The molecule has 46 heavy (non-hydrogen) atoms. The van der Waals surface area contributed by atoms with Crippen molar-refractivity contribution in [1.82, 2.24) is 9.47 Å². The van der Waals surface area contributed by atoms with Crippen molar-refractivity contribution in [2.24, 2.45) is 0 Å². The number of anilines is 1. The number of carboxylic acids is 2. The first-order chi connectivity index (χ1) is 22.0. The van der Waals surface area contributed by atoms with Crippen LogP contribution in [0.25, 0.3) is 16.6 Å². The fourth-order valence-corrected chi connectivity index (χ4v) is 5.46. The van der Waals surface area contributed by atoms with Gasteiger partial charge in [0.15, 0.2) is 0 Å². The monoisotopic (exact) mass is 631 g/mol. The van der Waals surface area contributed by atoms with Gasteiger partial charge in [0.2, 0.25) is 0 Å². The smallest absolute Gasteiger partial charge is 0.414 e. The number of benzene rings is 3. The standard InChI is InChI=1S/C33H39N3O4.C2H2O4/c1-5-39-33(38)32-25(4)36(27-12-8-24(3)9-13-27)31-15-14-29(20-30(31)32)40-22-28(37)21-34-16-18-35(19-17-34)26-10-6-23(2)7-11-26;3-1(4)2(5)6/h6-15,20,28,37H,5,16-19,21-22H2,1-4H3;(H,3,4)(H,5,6). The zero-order chi connectivity index (χ0) is 33.4. The Bertz CT molecular complexity index is 1640. The summed E-state index contributed by atoms with van der Waals surface area (Å²) in [5.74, 6) is -3.38. The van der Waals surface area contributed by atoms with E-state index in [-0.39, 0.29) is 12.6 Å². The largest absolute Gasteiger partial charge is 0.491 e. The van der Waals surface area contributed by atoms with Crippen LogP contribution in [-0.2, 0) is 14.3 Å². The number of carbonyl (C=O) groups excluding carboxylic acids is 1. The van der Waals surface area contributed by atoms with E-state index in [0.717, 1.165) is 48.5 Å². The number of ether oxygens (including phenoxy) is 2. The summed E-state index contributed by atoms with van der Waals surface area (Å²) >= 11 is 0. The van der Waals surface area contributed by atoms with E-state index in [1.54, 1.807) is 0 Å². The molecule has 1 saturated heterocycles. The van der Waals surface area contributed by atoms with Crippen LogP contribution in [0.1, 0.15) is 34.1 Å². The number of aliphatic carboxylic acids is 2. The molecule has 3 aromatic carbocycles. The number of aliphatic hydroxyl groups is 1. The van der Waals surface area contributed by atoms with Crippen LogP contribution in [0.3, 0.4) is 0 Å². The molecule has 11 nitrogen and oxygen atoms in total. The first-order valence-electron chi connectivity index (χ1n) is 15.2. The Morgan fingerprint density at radius 3 is 1.91 bits per heavy atom. The van der Waals surface area contributed by atoms with Gasteiger partial charge in [0, 0.05) is 55.2 Å². The first kappa shape index (κ1) is 34.0. The number of nitrogens with zero attached hydrogens (tertiary/aromatic N) is 3. The highest BCUT2D eigenvalue weighted by atomic mass is 16.5. The molecule has 1 aliphatic heterocycles. The predicted molar refractivity (Wildman–Crippen MR) is 175 cm³/mol. The molecule has 1 aliphatic rings. The maximum Gasteiger partial charge on any atom is 0.414 e. The summed E-state index contributed by atoms with van der Waals surface area (Å²) in [4.78, 5) is 35.9. The van der Waals surface area contributed by atoms with Gasteiger partial charge in [-0.2, -0.15) is 0 Å². The van der Waals surface area contributed by atoms with Gasteiger partial charge in [-0.15, -0.1) is 0 Å². The van der Waals surface area contributed by atoms with Crippen molar-refractivity contribution < 1.29 is 39.2 Å². The van der Waals surface area contributed by atoms with Gasteiger partial charge >= 0.3 is 17.9 Å². The molecule has 5 rings (SSSR count). The number of piperazine rings is 1. The minimum absolute atomic E-state index is 0.177. The second-order valence-corrected chi connectivity index (χ2v) is 11.2. The number of esters is 1. The number of hydrogen-bond donors (Lipinski definition) is 3. The molecule has 0 bridgehead atoms. The summed E-state index contributed by atoms with van der Waals surface area (Å²) in [6.45, 7) is 12.6. The summed E-state index contributed by atoms with van der Waals surface area (Å²) in [7, 11) is 0. The number of β-amino-alcohol motifs (C(OH)–C–C–N with tert-alkyl or cyclic N) is 1. The van der Waals surface area contributed by atoms with Crippen molar-refractivity contribution in [1.29, 1.82) is 0 Å². The van der Waals surface area contributed by atoms with Crippen LogP contribution in [0.4, 0.5) is 5.69 Å². The number of aliphatic hydroxyl groups excluding tert-OH is 1. The quantitative estimate of drug-likeness (QED) is 0.179. The van der Waals surface area contributed by atoms with Gasteiger partial charge in [0.25, 0.3) is 0 Å². The first-order valence-corrected chi connectivity index (χ1v) is 15.2. The lowest BCUT2D eigenvalue weighted by molar-refractivity contribution is -0.159. The predicted octanol–water partition coefficient (Wildman–Crippen LogP) is 4.45. The topological polar surface area (TPSA) is 142 Å². The molecule has 4 aromatic rings. The Balaban J connectivity index is 0.000000731. The van der Waals surface area contributed by atoms with E-state index in [1.165, 1.54) is 16.8 Å². The van der Waals surface area contributed by atoms with Gasteiger partial charge in [-0.25, -0.2) is 14.4 Å². The maximum atomic E-state index is 13.0. The summed E-state index contributed by atoms with van der Waals surface area (Å²) in [5.41, 5.74) is 6.93. The SMILES string of the molecule is CCOC(=O)c1c(C)n(-c2ccc(C)cc2)c2ccc(OCC(O)CN3CCN(c4ccc(C)cc4)CC3)cc12.O=C(O)C(=O)O. The Hall–Kier alpha value is -4.87. The molecule has 1 aromatic heterocycles. The molecule has 11 heteroatoms. The third-order valence-electron chi connectivity index (χ3n) is 7.81. The van der Waals surface area contributed by atoms with E-state index in [4.69, 9.17) is 29.3 Å². The average Bonchev–Trinajstić information content (AvgIpc) is 3.32. The van der Waals surface area contributed by atoms with Crippen LogP contribution in [-0.4, -0.2) is 94.7 Å². The van der Waals surface area contributed by atoms with Crippen molar-refractivity contribution in [3.63, 3.8) is 0 Å². The van der Waals surface area contributed by atoms with E-state index in [0.29, 0.717) is 24.5 Å². The number of carbonyl (C=O) groups is 3. The van der Waals surface area contributed by atoms with E-state index in [9.17, 15) is 9.90 Å². The van der Waals surface area contributed by atoms with Crippen molar-refractivity contribution >= 4 is 34.5 Å². The van der Waals surface area contributed by atoms with E-state index in [2.05, 4.69) is 76.7 Å². The van der Waals surface area contributed by atoms with Crippen LogP contribution in [0.5, 0.6) is 5.75 Å². The van der Waals surface area contributed by atoms with Gasteiger partial charge in [-0.05, 0) is 70.2 Å². The number of carboxylic acid groups (broad SMARTS) is 2. The molecule has 0 spiro atoms. The summed E-state index contributed by atoms with van der Waals surface area (Å²) in [6, 6.07) is 22.6. The third-order valence-corrected chi connectivity index (χ3v) is 7.81. The lowest BCUT2D eigenvalue weighted by Gasteiger charge is -2.36. The molecule has 1 unspecified atom stereocenters. The normalized spacial score (nSPS) is 13.9. The van der Waals surface area contributed by atoms with Gasteiger partial charge in [-0.3, -0.25) is 4.90 Å². The van der Waals surface area contributed by atoms with Gasteiger partial charge in [-0.1, -0.05) is 35.4 Å². The number of aromatic nitrogens is 1. The molecular formula is C35H41N3O8. The highest BCUT2D eigenvalue weighted by Crippen LogP contribution is 2.33. The maximum absolute atomic E-state index is 13.0. The van der Waals surface area contributed by atoms with E-state index in [1.807, 2.05) is 32.0 Å². The lowest BCUT2D eigenvalue weighted by Crippen LogP contribution is -2.49. The summed E-state index contributed by atoms with van der Waals surface area (Å²) < 4.78 is 13.5. The molecule has 0 aliphatic carbocycles. The molecule has 1 fully saturated rings. The van der Waals surface area contributed by atoms with Crippen molar-refractivity contribution in [3.8, 4) is 11.4 Å². The zero-order valence-corrected chi connectivity index (χ0v) is 26.6. The Kier molecular flexibility index (Phi) is 11.4. The average molecular weight is 632 g/mol. The molecular weight excluding hydrogens is 590 g/mol. The minimum Gasteiger partial charge on any atom is -0.491 e. The van der Waals surface area contributed by atoms with Crippen LogP contribution >= 0.6 is 0 Å². The lowest BCUT2D eigenvalue weighted by atomic mass is 10.1. The number of aryl methyl sites for hydroxylation is 2. The Labute approximate surface area is 268 Å². The third kappa shape index (κ3) is 8.43. The summed E-state index contributed by atoms with van der Waals surface area (Å²) in [5, 5.41) is 26.3. The van der Waals surface area contributed by atoms with E-state index < -0.39 is 18.0 Å². The molecule has 244 valence electrons. The van der Waals surface area contributed by atoms with Crippen LogP contribution < -0.4 is 9.64 Å².